The number of carboxylic acid groups (broad SMARTS) is 1. The van der Waals surface area contributed by atoms with E-state index in [0.717, 1.165) is 32.1 Å². The molecule has 0 N–H and O–H groups in total. The van der Waals surface area contributed by atoms with E-state index < -0.39 is 22.8 Å². The van der Waals surface area contributed by atoms with Crippen molar-refractivity contribution < 1.29 is 31.8 Å². The summed E-state index contributed by atoms with van der Waals surface area (Å²) in [5.74, 6) is -1.46. The van der Waals surface area contributed by atoms with Crippen LogP contribution in [0.4, 0.5) is 0 Å². The van der Waals surface area contributed by atoms with Gasteiger partial charge in [0, 0.05) is 18.8 Å². The fourth-order valence-electron chi connectivity index (χ4n) is 4.75. The van der Waals surface area contributed by atoms with Gasteiger partial charge in [-0.15, -0.1) is 0 Å². The Morgan fingerprint density at radius 1 is 0.581 bits per heavy atom. The maximum absolute atomic E-state index is 11.2. The molecule has 9 heteroatoms. The topological polar surface area (TPSA) is 124 Å². The average Bonchev–Trinajstić information content (AvgIpc) is 2.93. The number of carbonyl (C=O) groups excluding carboxylic acids is 2. The van der Waals surface area contributed by atoms with Crippen LogP contribution in [0.2, 0.25) is 0 Å². The Hall–Kier alpha value is -0.718. The van der Waals surface area contributed by atoms with E-state index in [1.807, 2.05) is 0 Å². The van der Waals surface area contributed by atoms with Crippen LogP contribution in [0.1, 0.15) is 187 Å². The fourth-order valence-corrected chi connectivity index (χ4v) is 5.07. The molecule has 0 spiro atoms. The van der Waals surface area contributed by atoms with E-state index in [-0.39, 0.29) is 29.8 Å². The molecular weight excluding hydrogens is 579 g/mol. The maximum atomic E-state index is 11.2. The summed E-state index contributed by atoms with van der Waals surface area (Å²) in [6, 6.07) is 0. The molecule has 0 amide bonds. The Kier molecular flexibility index (Phi) is 40.7. The molecule has 0 aliphatic rings. The van der Waals surface area contributed by atoms with Crippen molar-refractivity contribution >= 4 is 39.5 Å². The summed E-state index contributed by atoms with van der Waals surface area (Å²) in [6.45, 7) is 4.50. The Labute approximate surface area is 276 Å². The summed E-state index contributed by atoms with van der Waals surface area (Å²) >= 11 is 0. The van der Waals surface area contributed by atoms with Crippen LogP contribution in [0.3, 0.4) is 0 Å². The van der Waals surface area contributed by atoms with Crippen LogP contribution in [0.15, 0.2) is 12.2 Å². The maximum Gasteiger partial charge on any atom is 2.00 e. The Morgan fingerprint density at radius 2 is 0.930 bits per heavy atom. The van der Waals surface area contributed by atoms with Crippen LogP contribution in [0, 0.1) is 0 Å². The van der Waals surface area contributed by atoms with Gasteiger partial charge in [-0.1, -0.05) is 148 Å². The predicted molar refractivity (Wildman–Crippen MR) is 177 cm³/mol. The summed E-state index contributed by atoms with van der Waals surface area (Å²) in [4.78, 5) is 21.4. The third-order valence-corrected chi connectivity index (χ3v) is 7.74. The van der Waals surface area contributed by atoms with E-state index in [1.165, 1.54) is 122 Å². The monoisotopic (exact) mass is 643 g/mol. The molecule has 0 unspecified atom stereocenters. The van der Waals surface area contributed by atoms with Crippen LogP contribution >= 0.6 is 0 Å². The number of hydrogen-bond donors (Lipinski definition) is 0. The minimum absolute atomic E-state index is 0. The Balaban J connectivity index is -0.000000779. The largest absolute Gasteiger partial charge is 2.00 e. The summed E-state index contributed by atoms with van der Waals surface area (Å²) < 4.78 is 34.5. The molecule has 0 aromatic carbocycles. The summed E-state index contributed by atoms with van der Waals surface area (Å²) in [5.41, 5.74) is 0. The summed E-state index contributed by atoms with van der Waals surface area (Å²) in [7, 11) is -4.48. The van der Waals surface area contributed by atoms with E-state index >= 15 is 0 Å². The molecule has 43 heavy (non-hydrogen) atoms. The summed E-state index contributed by atoms with van der Waals surface area (Å²) in [5, 5.41) is 10.3. The second-order valence-electron chi connectivity index (χ2n) is 11.5. The number of unbranched alkanes of at least 4 members (excludes halogenated alkanes) is 22. The Morgan fingerprint density at radius 3 is 1.30 bits per heavy atom. The quantitative estimate of drug-likeness (QED) is 0.0185. The van der Waals surface area contributed by atoms with Gasteiger partial charge in [0.05, 0.1) is 6.61 Å². The fraction of sp³-hybridized carbons (Fsp3) is 0.882. The molecular formula is C34H64AlO7S. The molecule has 7 nitrogen and oxygen atoms in total. The van der Waals surface area contributed by atoms with Gasteiger partial charge in [0.25, 0.3) is 0 Å². The smallest absolute Gasteiger partial charge is 0.726 e. The van der Waals surface area contributed by atoms with Crippen molar-refractivity contribution in [2.24, 2.45) is 0 Å². The first-order valence-corrected chi connectivity index (χ1v) is 18.5. The third-order valence-electron chi connectivity index (χ3n) is 7.28. The van der Waals surface area contributed by atoms with Gasteiger partial charge >= 0.3 is 17.4 Å². The van der Waals surface area contributed by atoms with Crippen molar-refractivity contribution in [1.82, 2.24) is 0 Å². The van der Waals surface area contributed by atoms with Gasteiger partial charge in [0.1, 0.15) is 5.78 Å². The van der Waals surface area contributed by atoms with E-state index in [9.17, 15) is 27.7 Å². The number of ketones is 1. The molecule has 0 aliphatic heterocycles. The molecule has 0 rings (SSSR count). The second-order valence-corrected chi connectivity index (χ2v) is 12.6. The van der Waals surface area contributed by atoms with Crippen molar-refractivity contribution in [3.05, 3.63) is 12.2 Å². The van der Waals surface area contributed by atoms with Crippen molar-refractivity contribution in [3.63, 3.8) is 0 Å². The first kappa shape index (κ1) is 46.7. The van der Waals surface area contributed by atoms with Crippen LogP contribution in [-0.4, -0.2) is 48.7 Å². The van der Waals surface area contributed by atoms with Crippen molar-refractivity contribution in [1.29, 1.82) is 0 Å². The molecule has 0 saturated carbocycles. The third kappa shape index (κ3) is 48.4. The minimum atomic E-state index is -4.48. The van der Waals surface area contributed by atoms with Crippen LogP contribution in [-0.2, 0) is 24.2 Å². The van der Waals surface area contributed by atoms with E-state index in [2.05, 4.69) is 30.2 Å². The average molecular weight is 644 g/mol. The zero-order valence-corrected chi connectivity index (χ0v) is 29.8. The van der Waals surface area contributed by atoms with E-state index in [4.69, 9.17) is 0 Å². The van der Waals surface area contributed by atoms with Crippen LogP contribution in [0.5, 0.6) is 0 Å². The molecule has 0 atom stereocenters. The van der Waals surface area contributed by atoms with Crippen LogP contribution in [0.25, 0.3) is 0 Å². The standard InChI is InChI=1S/C22H40O3.C12H26O4S.Al/c1-2-3-4-5-6-7-8-9-10-11-12-13-14-15-16-17-18-19-21(23)20-22(24)25;1-2-3-4-5-6-7-8-9-10-11-12-16-17(13,14)15;/h9-10H,2-8,11-20H2,1H3,(H,24,25);2-12H2,1H3,(H,13,14,15);/q;;+2/p-2. The van der Waals surface area contributed by atoms with Gasteiger partial charge in [-0.3, -0.25) is 8.98 Å². The first-order chi connectivity index (χ1) is 20.2. The van der Waals surface area contributed by atoms with Gasteiger partial charge in [-0.2, -0.15) is 0 Å². The molecule has 0 heterocycles. The molecule has 0 fully saturated rings. The number of Topliss-reactive ketones (excluding diaryl/α,β-unsaturated/α-hetero) is 1. The Bertz CT molecular complexity index is 726. The van der Waals surface area contributed by atoms with Crippen molar-refractivity contribution in [3.8, 4) is 0 Å². The van der Waals surface area contributed by atoms with Crippen molar-refractivity contribution in [2.75, 3.05) is 6.61 Å². The summed E-state index contributed by atoms with van der Waals surface area (Å²) in [6.07, 6.45) is 35.0. The van der Waals surface area contributed by atoms with Gasteiger partial charge in [-0.25, -0.2) is 8.42 Å². The molecule has 1 radical (unpaired) electrons. The molecule has 251 valence electrons. The van der Waals surface area contributed by atoms with E-state index in [0.29, 0.717) is 12.8 Å². The minimum Gasteiger partial charge on any atom is -0.726 e. The SMILES string of the molecule is CCCCCCCCC=CCCCCCCCCCC(=O)CC(=O)[O-].CCCCCCCCCCCCOS(=O)(=O)[O-].[Al+2]. The number of rotatable bonds is 31. The van der Waals surface area contributed by atoms with Gasteiger partial charge in [-0.05, 0) is 38.5 Å². The molecule has 0 aliphatic carbocycles. The number of allylic oxidation sites excluding steroid dienone is 2. The normalized spacial score (nSPS) is 11.2. The zero-order valence-electron chi connectivity index (χ0n) is 27.8. The van der Waals surface area contributed by atoms with Crippen LogP contribution < -0.4 is 5.11 Å². The molecule has 0 aromatic rings. The number of carbonyl (C=O) groups is 2. The van der Waals surface area contributed by atoms with Gasteiger partial charge in [0.2, 0.25) is 10.4 Å². The second kappa shape index (κ2) is 37.5. The number of aliphatic carboxylic acids is 1. The van der Waals surface area contributed by atoms with Crippen molar-refractivity contribution in [2.45, 2.75) is 187 Å². The predicted octanol–water partition coefficient (Wildman–Crippen LogP) is 8.52. The van der Waals surface area contributed by atoms with E-state index in [1.54, 1.807) is 0 Å². The molecule has 0 saturated heterocycles. The number of hydrogen-bond acceptors (Lipinski definition) is 7. The van der Waals surface area contributed by atoms with Gasteiger partial charge in [0.15, 0.2) is 0 Å². The van der Waals surface area contributed by atoms with Gasteiger partial charge < -0.3 is 14.5 Å². The number of carboxylic acids is 1. The molecule has 0 aromatic heterocycles. The first-order valence-electron chi connectivity index (χ1n) is 17.2. The zero-order chi connectivity index (χ0) is 31.6. The molecule has 0 bridgehead atoms.